The number of likely N-dealkylation sites (tertiary alicyclic amines) is 1. The van der Waals surface area contributed by atoms with Crippen LogP contribution in [0.3, 0.4) is 0 Å². The van der Waals surface area contributed by atoms with Crippen molar-refractivity contribution in [1.29, 1.82) is 0 Å². The number of esters is 1. The highest BCUT2D eigenvalue weighted by Crippen LogP contribution is 2.21. The Morgan fingerprint density at radius 3 is 2.23 bits per heavy atom. The number of ether oxygens (including phenoxy) is 1. The van der Waals surface area contributed by atoms with Crippen LogP contribution in [-0.4, -0.2) is 60.0 Å². The minimum Gasteiger partial charge on any atom is -0.452 e. The van der Waals surface area contributed by atoms with E-state index in [0.29, 0.717) is 18.9 Å². The molecule has 1 heterocycles. The first-order chi connectivity index (χ1) is 14.6. The number of carbonyl (C=O) groups excluding carboxylic acids is 4. The molecule has 2 rings (SSSR count). The van der Waals surface area contributed by atoms with Crippen molar-refractivity contribution < 1.29 is 37.1 Å². The quantitative estimate of drug-likeness (QED) is 0.479. The molecule has 2 fully saturated rings. The van der Waals surface area contributed by atoms with Crippen molar-refractivity contribution in [3.63, 3.8) is 0 Å². The third-order valence-electron chi connectivity index (χ3n) is 5.42. The number of nitrogens with one attached hydrogen (secondary N) is 2. The van der Waals surface area contributed by atoms with Crippen LogP contribution in [-0.2, 0) is 19.1 Å². The summed E-state index contributed by atoms with van der Waals surface area (Å²) < 4.78 is 41.8. The predicted octanol–water partition coefficient (Wildman–Crippen LogP) is 2.43. The first-order valence-electron chi connectivity index (χ1n) is 10.4. The highest BCUT2D eigenvalue weighted by molar-refractivity contribution is 5.97. The summed E-state index contributed by atoms with van der Waals surface area (Å²) in [5.74, 6) is -3.80. The van der Waals surface area contributed by atoms with E-state index in [1.165, 1.54) is 11.8 Å². The van der Waals surface area contributed by atoms with Crippen LogP contribution in [0.1, 0.15) is 51.9 Å². The number of hydrogen-bond acceptors (Lipinski definition) is 6. The van der Waals surface area contributed by atoms with Gasteiger partial charge in [-0.05, 0) is 32.6 Å². The van der Waals surface area contributed by atoms with Crippen LogP contribution in [0.15, 0.2) is 12.3 Å². The molecular formula is C20H28F3N3O5. The molecule has 174 valence electrons. The molecule has 3 amide bonds. The Bertz CT molecular complexity index is 697. The molecular weight excluding hydrogens is 419 g/mol. The van der Waals surface area contributed by atoms with Gasteiger partial charge in [0, 0.05) is 31.4 Å². The van der Waals surface area contributed by atoms with E-state index >= 15 is 0 Å². The number of hydrogen-bond donors (Lipinski definition) is 2. The number of allylic oxidation sites excluding steroid dienone is 1. The maximum atomic E-state index is 12.3. The van der Waals surface area contributed by atoms with Crippen LogP contribution < -0.4 is 10.6 Å². The number of carbonyl (C=O) groups is 4. The third kappa shape index (κ3) is 8.22. The van der Waals surface area contributed by atoms with Crippen LogP contribution in [0.2, 0.25) is 0 Å². The molecule has 1 unspecified atom stereocenters. The molecule has 0 spiro atoms. The van der Waals surface area contributed by atoms with E-state index in [-0.39, 0.29) is 19.1 Å². The van der Waals surface area contributed by atoms with Gasteiger partial charge in [-0.1, -0.05) is 19.3 Å². The smallest absolute Gasteiger partial charge is 0.452 e. The summed E-state index contributed by atoms with van der Waals surface area (Å²) >= 11 is 0. The average molecular weight is 447 g/mol. The van der Waals surface area contributed by atoms with Crippen LogP contribution in [0.4, 0.5) is 18.0 Å². The molecule has 1 saturated heterocycles. The molecule has 0 aromatic carbocycles. The largest absolute Gasteiger partial charge is 0.454 e. The molecule has 8 nitrogen and oxygen atoms in total. The summed E-state index contributed by atoms with van der Waals surface area (Å²) in [4.78, 5) is 48.7. The fraction of sp³-hybridized carbons (Fsp3) is 0.700. The first kappa shape index (κ1) is 24.7. The molecule has 0 aromatic rings. The lowest BCUT2D eigenvalue weighted by molar-refractivity contribution is -0.165. The van der Waals surface area contributed by atoms with Gasteiger partial charge < -0.3 is 15.0 Å². The van der Waals surface area contributed by atoms with Gasteiger partial charge in [0.15, 0.2) is 6.10 Å². The van der Waals surface area contributed by atoms with E-state index in [9.17, 15) is 32.3 Å². The van der Waals surface area contributed by atoms with Crippen LogP contribution >= 0.6 is 0 Å². The molecule has 1 atom stereocenters. The highest BCUT2D eigenvalue weighted by atomic mass is 19.4. The number of amides is 3. The van der Waals surface area contributed by atoms with Crippen molar-refractivity contribution in [1.82, 2.24) is 15.5 Å². The Morgan fingerprint density at radius 2 is 1.65 bits per heavy atom. The molecule has 2 aliphatic rings. The van der Waals surface area contributed by atoms with Crippen LogP contribution in [0.25, 0.3) is 0 Å². The maximum absolute atomic E-state index is 12.3. The van der Waals surface area contributed by atoms with Gasteiger partial charge in [-0.2, -0.15) is 13.2 Å². The minimum absolute atomic E-state index is 0.0325. The van der Waals surface area contributed by atoms with Gasteiger partial charge in [0.2, 0.25) is 0 Å². The fourth-order valence-electron chi connectivity index (χ4n) is 3.56. The predicted molar refractivity (Wildman–Crippen MR) is 104 cm³/mol. The number of urea groups is 1. The summed E-state index contributed by atoms with van der Waals surface area (Å²) in [6.45, 7) is 1.90. The second-order valence-corrected chi connectivity index (χ2v) is 7.86. The number of halogens is 3. The Morgan fingerprint density at radius 1 is 1.03 bits per heavy atom. The first-order valence-corrected chi connectivity index (χ1v) is 10.4. The van der Waals surface area contributed by atoms with Gasteiger partial charge in [-0.25, -0.2) is 4.79 Å². The summed E-state index contributed by atoms with van der Waals surface area (Å²) in [5, 5.41) is 4.91. The number of alkyl halides is 3. The van der Waals surface area contributed by atoms with Gasteiger partial charge in [-0.3, -0.25) is 19.7 Å². The molecule has 2 N–H and O–H groups in total. The van der Waals surface area contributed by atoms with Crippen molar-refractivity contribution >= 4 is 23.7 Å². The summed E-state index contributed by atoms with van der Waals surface area (Å²) in [5.41, 5.74) is 0. The zero-order chi connectivity index (χ0) is 23.0. The second-order valence-electron chi connectivity index (χ2n) is 7.86. The number of piperidine rings is 1. The monoisotopic (exact) mass is 447 g/mol. The van der Waals surface area contributed by atoms with Gasteiger partial charge in [-0.15, -0.1) is 0 Å². The summed E-state index contributed by atoms with van der Waals surface area (Å²) in [6.07, 6.45) is 0.985. The number of nitrogens with zero attached hydrogens (tertiary/aromatic N) is 1. The van der Waals surface area contributed by atoms with Crippen molar-refractivity contribution in [2.24, 2.45) is 5.92 Å². The molecule has 0 radical (unpaired) electrons. The van der Waals surface area contributed by atoms with E-state index in [2.05, 4.69) is 10.6 Å². The van der Waals surface area contributed by atoms with Crippen LogP contribution in [0, 0.1) is 5.92 Å². The lowest BCUT2D eigenvalue weighted by Crippen LogP contribution is -2.48. The van der Waals surface area contributed by atoms with Gasteiger partial charge in [0.1, 0.15) is 0 Å². The van der Waals surface area contributed by atoms with Crippen molar-refractivity contribution in [3.8, 4) is 0 Å². The Kier molecular flexibility index (Phi) is 8.88. The molecule has 1 aliphatic heterocycles. The SMILES string of the molecule is CC(OC(=O)C1CCN(C=CC(=O)C(F)(F)F)CC1)C(=O)NC(=O)NC1CCCCC1. The third-order valence-corrected chi connectivity index (χ3v) is 5.42. The average Bonchev–Trinajstić information content (AvgIpc) is 2.72. The Balaban J connectivity index is 1.71. The molecule has 1 aliphatic carbocycles. The molecule has 0 bridgehead atoms. The standard InChI is InChI=1S/C20H28F3N3O5/c1-13(17(28)25-19(30)24-15-5-3-2-4-6-15)31-18(29)14-7-10-26(11-8-14)12-9-16(27)20(21,22)23/h9,12-15H,2-8,10-11H2,1H3,(H2,24,25,28,30). The van der Waals surface area contributed by atoms with E-state index in [4.69, 9.17) is 4.74 Å². The van der Waals surface area contributed by atoms with Gasteiger partial charge in [0.05, 0.1) is 5.92 Å². The summed E-state index contributed by atoms with van der Waals surface area (Å²) in [7, 11) is 0. The minimum atomic E-state index is -4.91. The maximum Gasteiger partial charge on any atom is 0.454 e. The number of imide groups is 1. The van der Waals surface area contributed by atoms with E-state index < -0.39 is 41.9 Å². The highest BCUT2D eigenvalue weighted by Gasteiger charge is 2.36. The van der Waals surface area contributed by atoms with Gasteiger partial charge >= 0.3 is 18.2 Å². The normalized spacial score (nSPS) is 19.7. The molecule has 11 heteroatoms. The second kappa shape index (κ2) is 11.1. The van der Waals surface area contributed by atoms with Crippen LogP contribution in [0.5, 0.6) is 0 Å². The lowest BCUT2D eigenvalue weighted by atomic mass is 9.96. The molecule has 31 heavy (non-hydrogen) atoms. The van der Waals surface area contributed by atoms with Crippen molar-refractivity contribution in [2.75, 3.05) is 13.1 Å². The van der Waals surface area contributed by atoms with Crippen molar-refractivity contribution in [3.05, 3.63) is 12.3 Å². The zero-order valence-corrected chi connectivity index (χ0v) is 17.4. The number of ketones is 1. The lowest BCUT2D eigenvalue weighted by Gasteiger charge is -2.30. The molecule has 1 saturated carbocycles. The molecule has 0 aromatic heterocycles. The fourth-order valence-corrected chi connectivity index (χ4v) is 3.56. The Labute approximate surface area is 178 Å². The van der Waals surface area contributed by atoms with Crippen molar-refractivity contribution in [2.45, 2.75) is 70.2 Å². The number of rotatable bonds is 6. The van der Waals surface area contributed by atoms with Gasteiger partial charge in [0.25, 0.3) is 11.7 Å². The Hall–Kier alpha value is -2.59. The summed E-state index contributed by atoms with van der Waals surface area (Å²) in [6, 6.07) is -0.585. The van der Waals surface area contributed by atoms with E-state index in [0.717, 1.165) is 38.3 Å². The van der Waals surface area contributed by atoms with E-state index in [1.54, 1.807) is 0 Å². The van der Waals surface area contributed by atoms with E-state index in [1.807, 2.05) is 0 Å². The topological polar surface area (TPSA) is 105 Å². The zero-order valence-electron chi connectivity index (χ0n) is 17.4.